The number of carbonyl (C=O) groups excluding carboxylic acids is 2. The number of unbranched alkanes of at least 4 members (excludes halogenated alkanes) is 2. The van der Waals surface area contributed by atoms with Crippen molar-refractivity contribution in [2.45, 2.75) is 78.9 Å². The second kappa shape index (κ2) is 8.18. The van der Waals surface area contributed by atoms with Crippen molar-refractivity contribution in [3.05, 3.63) is 0 Å². The molecule has 4 nitrogen and oxygen atoms in total. The molecule has 0 aliphatic carbocycles. The van der Waals surface area contributed by atoms with Crippen molar-refractivity contribution in [1.82, 2.24) is 5.32 Å². The van der Waals surface area contributed by atoms with Gasteiger partial charge in [-0.3, -0.25) is 4.79 Å². The van der Waals surface area contributed by atoms with E-state index in [2.05, 4.69) is 12.2 Å². The SMILES string of the molecule is CCCCCC(=O)NC(C(=O)OC(C)(C)C)C(C)C. The van der Waals surface area contributed by atoms with Gasteiger partial charge in [-0.2, -0.15) is 0 Å². The van der Waals surface area contributed by atoms with Gasteiger partial charge in [0.1, 0.15) is 11.6 Å². The topological polar surface area (TPSA) is 55.4 Å². The number of hydrogen-bond donors (Lipinski definition) is 1. The standard InChI is InChI=1S/C15H29NO3/c1-7-8-9-10-12(17)16-13(11(2)3)14(18)19-15(4,5)6/h11,13H,7-10H2,1-6H3,(H,16,17). The van der Waals surface area contributed by atoms with Gasteiger partial charge in [0.25, 0.3) is 0 Å². The summed E-state index contributed by atoms with van der Waals surface area (Å²) in [7, 11) is 0. The molecule has 0 aliphatic rings. The molecule has 0 bridgehead atoms. The molecule has 0 heterocycles. The molecule has 0 fully saturated rings. The lowest BCUT2D eigenvalue weighted by Crippen LogP contribution is -2.47. The van der Waals surface area contributed by atoms with Crippen LogP contribution in [0.4, 0.5) is 0 Å². The first kappa shape index (κ1) is 17.9. The molecule has 0 aliphatic heterocycles. The second-order valence-electron chi connectivity index (χ2n) is 6.28. The van der Waals surface area contributed by atoms with Crippen LogP contribution in [0.25, 0.3) is 0 Å². The zero-order valence-electron chi connectivity index (χ0n) is 13.2. The number of nitrogens with one attached hydrogen (secondary N) is 1. The average Bonchev–Trinajstić information content (AvgIpc) is 2.23. The summed E-state index contributed by atoms with van der Waals surface area (Å²) in [6.07, 6.45) is 3.44. The van der Waals surface area contributed by atoms with Gasteiger partial charge in [0.05, 0.1) is 0 Å². The summed E-state index contributed by atoms with van der Waals surface area (Å²) in [4.78, 5) is 23.8. The minimum Gasteiger partial charge on any atom is -0.458 e. The molecule has 1 amide bonds. The number of esters is 1. The van der Waals surface area contributed by atoms with E-state index >= 15 is 0 Å². The Morgan fingerprint density at radius 1 is 1.16 bits per heavy atom. The van der Waals surface area contributed by atoms with E-state index in [-0.39, 0.29) is 17.8 Å². The maximum atomic E-state index is 12.0. The molecule has 0 saturated carbocycles. The van der Waals surface area contributed by atoms with Crippen molar-refractivity contribution >= 4 is 11.9 Å². The van der Waals surface area contributed by atoms with Crippen molar-refractivity contribution in [2.75, 3.05) is 0 Å². The van der Waals surface area contributed by atoms with E-state index in [1.807, 2.05) is 34.6 Å². The second-order valence-corrected chi connectivity index (χ2v) is 6.28. The molecule has 1 N–H and O–H groups in total. The highest BCUT2D eigenvalue weighted by Gasteiger charge is 2.28. The van der Waals surface area contributed by atoms with Crippen LogP contribution in [0.2, 0.25) is 0 Å². The first-order valence-corrected chi connectivity index (χ1v) is 7.19. The fourth-order valence-corrected chi connectivity index (χ4v) is 1.64. The molecule has 0 aromatic rings. The van der Waals surface area contributed by atoms with Gasteiger partial charge in [-0.1, -0.05) is 33.6 Å². The lowest BCUT2D eigenvalue weighted by molar-refractivity contribution is -0.160. The summed E-state index contributed by atoms with van der Waals surface area (Å²) in [6, 6.07) is -0.562. The third-order valence-corrected chi connectivity index (χ3v) is 2.65. The maximum Gasteiger partial charge on any atom is 0.329 e. The van der Waals surface area contributed by atoms with Crippen molar-refractivity contribution in [1.29, 1.82) is 0 Å². The fraction of sp³-hybridized carbons (Fsp3) is 0.867. The summed E-state index contributed by atoms with van der Waals surface area (Å²) < 4.78 is 5.33. The van der Waals surface area contributed by atoms with Crippen LogP contribution < -0.4 is 5.32 Å². The zero-order valence-corrected chi connectivity index (χ0v) is 13.2. The Morgan fingerprint density at radius 3 is 2.16 bits per heavy atom. The Balaban J connectivity index is 4.41. The van der Waals surface area contributed by atoms with Crippen LogP contribution in [0.3, 0.4) is 0 Å². The highest BCUT2D eigenvalue weighted by atomic mass is 16.6. The van der Waals surface area contributed by atoms with Crippen molar-refractivity contribution < 1.29 is 14.3 Å². The first-order valence-electron chi connectivity index (χ1n) is 7.19. The van der Waals surface area contributed by atoms with Crippen LogP contribution in [-0.2, 0) is 14.3 Å². The number of carbonyl (C=O) groups is 2. The van der Waals surface area contributed by atoms with Crippen LogP contribution >= 0.6 is 0 Å². The van der Waals surface area contributed by atoms with E-state index in [1.165, 1.54) is 0 Å². The van der Waals surface area contributed by atoms with Gasteiger partial charge in [-0.25, -0.2) is 4.79 Å². The Morgan fingerprint density at radius 2 is 1.74 bits per heavy atom. The van der Waals surface area contributed by atoms with E-state index in [9.17, 15) is 9.59 Å². The molecule has 0 saturated heterocycles. The van der Waals surface area contributed by atoms with Gasteiger partial charge < -0.3 is 10.1 Å². The third-order valence-electron chi connectivity index (χ3n) is 2.65. The monoisotopic (exact) mass is 271 g/mol. The van der Waals surface area contributed by atoms with Gasteiger partial charge in [0.2, 0.25) is 5.91 Å². The molecule has 4 heteroatoms. The minimum atomic E-state index is -0.562. The molecule has 112 valence electrons. The number of amides is 1. The molecular formula is C15H29NO3. The Hall–Kier alpha value is -1.06. The summed E-state index contributed by atoms with van der Waals surface area (Å²) in [5, 5.41) is 2.78. The Bertz CT molecular complexity index is 292. The average molecular weight is 271 g/mol. The minimum absolute atomic E-state index is 0.0185. The molecule has 0 spiro atoms. The molecule has 1 atom stereocenters. The van der Waals surface area contributed by atoms with E-state index in [4.69, 9.17) is 4.74 Å². The van der Waals surface area contributed by atoms with Crippen LogP contribution in [0.15, 0.2) is 0 Å². The third kappa shape index (κ3) is 8.62. The van der Waals surface area contributed by atoms with Crippen molar-refractivity contribution in [2.24, 2.45) is 5.92 Å². The van der Waals surface area contributed by atoms with Gasteiger partial charge in [0.15, 0.2) is 0 Å². The zero-order chi connectivity index (χ0) is 15.1. The predicted octanol–water partition coefficient (Wildman–Crippen LogP) is 3.05. The molecule has 19 heavy (non-hydrogen) atoms. The number of hydrogen-bond acceptors (Lipinski definition) is 3. The highest BCUT2D eigenvalue weighted by molar-refractivity contribution is 5.84. The van der Waals surface area contributed by atoms with Crippen LogP contribution in [0.1, 0.15) is 67.2 Å². The van der Waals surface area contributed by atoms with E-state index in [0.29, 0.717) is 6.42 Å². The van der Waals surface area contributed by atoms with Crippen molar-refractivity contribution in [3.8, 4) is 0 Å². The van der Waals surface area contributed by atoms with Crippen LogP contribution in [0, 0.1) is 5.92 Å². The number of ether oxygens (including phenoxy) is 1. The lowest BCUT2D eigenvalue weighted by atomic mass is 10.0. The summed E-state index contributed by atoms with van der Waals surface area (Å²) in [5.41, 5.74) is -0.531. The molecule has 0 rings (SSSR count). The van der Waals surface area contributed by atoms with Crippen LogP contribution in [0.5, 0.6) is 0 Å². The highest BCUT2D eigenvalue weighted by Crippen LogP contribution is 2.12. The molecule has 0 radical (unpaired) electrons. The maximum absolute atomic E-state index is 12.0. The molecule has 0 aromatic carbocycles. The normalized spacial score (nSPS) is 13.2. The van der Waals surface area contributed by atoms with E-state index < -0.39 is 11.6 Å². The largest absolute Gasteiger partial charge is 0.458 e. The van der Waals surface area contributed by atoms with Gasteiger partial charge in [-0.15, -0.1) is 0 Å². The van der Waals surface area contributed by atoms with Crippen LogP contribution in [-0.4, -0.2) is 23.5 Å². The Kier molecular flexibility index (Phi) is 7.72. The Labute approximate surface area is 117 Å². The van der Waals surface area contributed by atoms with Crippen molar-refractivity contribution in [3.63, 3.8) is 0 Å². The van der Waals surface area contributed by atoms with E-state index in [1.54, 1.807) is 0 Å². The van der Waals surface area contributed by atoms with Gasteiger partial charge in [0, 0.05) is 6.42 Å². The summed E-state index contributed by atoms with van der Waals surface area (Å²) in [6.45, 7) is 11.4. The predicted molar refractivity (Wildman–Crippen MR) is 76.8 cm³/mol. The smallest absolute Gasteiger partial charge is 0.329 e. The molecule has 0 aromatic heterocycles. The van der Waals surface area contributed by atoms with E-state index in [0.717, 1.165) is 19.3 Å². The lowest BCUT2D eigenvalue weighted by Gasteiger charge is -2.26. The first-order chi connectivity index (χ1) is 8.67. The summed E-state index contributed by atoms with van der Waals surface area (Å²) >= 11 is 0. The summed E-state index contributed by atoms with van der Waals surface area (Å²) in [5.74, 6) is -0.408. The number of rotatable bonds is 7. The quantitative estimate of drug-likeness (QED) is 0.572. The van der Waals surface area contributed by atoms with Gasteiger partial charge >= 0.3 is 5.97 Å². The fourth-order valence-electron chi connectivity index (χ4n) is 1.64. The van der Waals surface area contributed by atoms with Gasteiger partial charge in [-0.05, 0) is 33.1 Å². The molecule has 1 unspecified atom stereocenters. The molecular weight excluding hydrogens is 242 g/mol.